The molecule has 4 rings (SSSR count). The highest BCUT2D eigenvalue weighted by Gasteiger charge is 2.34. The Labute approximate surface area is 237 Å². The Hall–Kier alpha value is -4.05. The van der Waals surface area contributed by atoms with Gasteiger partial charge in [0, 0.05) is 30.4 Å². The fourth-order valence-electron chi connectivity index (χ4n) is 4.82. The highest BCUT2D eigenvalue weighted by atomic mass is 32.1. The van der Waals surface area contributed by atoms with Crippen LogP contribution in [0, 0.1) is 0 Å². The van der Waals surface area contributed by atoms with E-state index in [1.54, 1.807) is 57.4 Å². The van der Waals surface area contributed by atoms with Crippen LogP contribution < -0.4 is 29.3 Å². The second-order valence-corrected chi connectivity index (χ2v) is 10.1. The average Bonchev–Trinajstić information content (AvgIpc) is 3.24. The summed E-state index contributed by atoms with van der Waals surface area (Å²) in [5.74, 6) is 0.578. The van der Waals surface area contributed by atoms with Crippen molar-refractivity contribution >= 4 is 29.1 Å². The standard InChI is InChI=1S/C30H35N3O6S/c1-7-32(8-2)21-13-11-19(22(34)17-21)16-25-28(35)33-27(20-12-14-23(37-6)24(15-20)38-9-3)26(29(36)39-10-4)18(5)31-30(33)40-25/h11-17,27,34H,7-10H2,1-6H3/t27-/m0/s1. The number of thiazole rings is 1. The van der Waals surface area contributed by atoms with Crippen LogP contribution in [-0.2, 0) is 9.53 Å². The van der Waals surface area contributed by atoms with E-state index in [0.717, 1.165) is 18.8 Å². The van der Waals surface area contributed by atoms with E-state index in [0.29, 0.717) is 44.3 Å². The zero-order valence-corrected chi connectivity index (χ0v) is 24.5. The molecule has 0 radical (unpaired) electrons. The topological polar surface area (TPSA) is 103 Å². The first-order chi connectivity index (χ1) is 19.3. The Morgan fingerprint density at radius 1 is 1.10 bits per heavy atom. The van der Waals surface area contributed by atoms with Crippen LogP contribution in [0.1, 0.15) is 51.8 Å². The van der Waals surface area contributed by atoms with Crippen LogP contribution in [0.25, 0.3) is 6.08 Å². The Morgan fingerprint density at radius 2 is 1.85 bits per heavy atom. The number of benzene rings is 2. The van der Waals surface area contributed by atoms with Gasteiger partial charge in [0.2, 0.25) is 0 Å². The molecule has 0 fully saturated rings. The third-order valence-electron chi connectivity index (χ3n) is 6.75. The number of carbonyl (C=O) groups excluding carboxylic acids is 1. The van der Waals surface area contributed by atoms with E-state index < -0.39 is 12.0 Å². The summed E-state index contributed by atoms with van der Waals surface area (Å²) in [5.41, 5.74) is 2.49. The Balaban J connectivity index is 1.91. The summed E-state index contributed by atoms with van der Waals surface area (Å²) in [5, 5.41) is 10.8. The van der Waals surface area contributed by atoms with Gasteiger partial charge in [-0.05, 0) is 70.5 Å². The molecule has 0 amide bonds. The molecule has 212 valence electrons. The van der Waals surface area contributed by atoms with Crippen LogP contribution in [0.5, 0.6) is 17.2 Å². The minimum Gasteiger partial charge on any atom is -0.507 e. The first-order valence-electron chi connectivity index (χ1n) is 13.4. The molecule has 2 heterocycles. The lowest BCUT2D eigenvalue weighted by molar-refractivity contribution is -0.139. The van der Waals surface area contributed by atoms with Crippen LogP contribution in [-0.4, -0.2) is 49.1 Å². The maximum Gasteiger partial charge on any atom is 0.338 e. The molecule has 2 aromatic carbocycles. The third kappa shape index (κ3) is 5.49. The second-order valence-electron chi connectivity index (χ2n) is 9.06. The van der Waals surface area contributed by atoms with Crippen molar-refractivity contribution in [3.05, 3.63) is 78.5 Å². The summed E-state index contributed by atoms with van der Waals surface area (Å²) in [6.45, 7) is 11.7. The van der Waals surface area contributed by atoms with Crippen molar-refractivity contribution in [1.82, 2.24) is 4.57 Å². The fraction of sp³-hybridized carbons (Fsp3) is 0.367. The zero-order chi connectivity index (χ0) is 29.0. The fourth-order valence-corrected chi connectivity index (χ4v) is 5.86. The number of methoxy groups -OCH3 is 1. The lowest BCUT2D eigenvalue weighted by Gasteiger charge is -2.25. The number of anilines is 1. The SMILES string of the molecule is CCOC(=O)C1=C(C)N=c2sc(=Cc3ccc(N(CC)CC)cc3O)c(=O)n2[C@H]1c1ccc(OC)c(OCC)c1. The molecule has 40 heavy (non-hydrogen) atoms. The monoisotopic (exact) mass is 565 g/mol. The molecule has 0 aliphatic carbocycles. The molecule has 0 spiro atoms. The van der Waals surface area contributed by atoms with Gasteiger partial charge in [-0.1, -0.05) is 17.4 Å². The lowest BCUT2D eigenvalue weighted by Crippen LogP contribution is -2.40. The first kappa shape index (κ1) is 28.9. The van der Waals surface area contributed by atoms with Gasteiger partial charge in [0.05, 0.1) is 42.2 Å². The van der Waals surface area contributed by atoms with Gasteiger partial charge in [-0.25, -0.2) is 9.79 Å². The number of allylic oxidation sites excluding steroid dienone is 1. The van der Waals surface area contributed by atoms with Crippen molar-refractivity contribution in [2.24, 2.45) is 4.99 Å². The number of ether oxygens (including phenoxy) is 3. The number of nitrogens with zero attached hydrogens (tertiary/aromatic N) is 3. The van der Waals surface area contributed by atoms with Gasteiger partial charge >= 0.3 is 5.97 Å². The molecule has 10 heteroatoms. The molecule has 0 saturated carbocycles. The number of hydrogen-bond donors (Lipinski definition) is 1. The quantitative estimate of drug-likeness (QED) is 0.374. The lowest BCUT2D eigenvalue weighted by atomic mass is 9.95. The molecule has 1 N–H and O–H groups in total. The van der Waals surface area contributed by atoms with Crippen LogP contribution in [0.3, 0.4) is 0 Å². The molecule has 1 atom stereocenters. The van der Waals surface area contributed by atoms with Gasteiger partial charge in [0.15, 0.2) is 16.3 Å². The minimum absolute atomic E-state index is 0.0756. The number of esters is 1. The summed E-state index contributed by atoms with van der Waals surface area (Å²) < 4.78 is 18.5. The number of phenols is 1. The molecular weight excluding hydrogens is 530 g/mol. The van der Waals surface area contributed by atoms with Crippen molar-refractivity contribution in [3.63, 3.8) is 0 Å². The van der Waals surface area contributed by atoms with Crippen LogP contribution >= 0.6 is 11.3 Å². The molecule has 0 saturated heterocycles. The minimum atomic E-state index is -0.791. The van der Waals surface area contributed by atoms with E-state index in [1.165, 1.54) is 15.9 Å². The predicted octanol–water partition coefficient (Wildman–Crippen LogP) is 3.76. The molecule has 3 aromatic rings. The van der Waals surface area contributed by atoms with Crippen LogP contribution in [0.4, 0.5) is 5.69 Å². The molecule has 1 aliphatic heterocycles. The summed E-state index contributed by atoms with van der Waals surface area (Å²) >= 11 is 1.20. The second kappa shape index (κ2) is 12.4. The van der Waals surface area contributed by atoms with E-state index in [1.807, 2.05) is 13.0 Å². The van der Waals surface area contributed by atoms with Crippen LogP contribution in [0.2, 0.25) is 0 Å². The zero-order valence-electron chi connectivity index (χ0n) is 23.7. The van der Waals surface area contributed by atoms with Gasteiger partial charge < -0.3 is 24.2 Å². The Kier molecular flexibility index (Phi) is 8.99. The maximum atomic E-state index is 13.9. The van der Waals surface area contributed by atoms with E-state index in [2.05, 4.69) is 23.7 Å². The largest absolute Gasteiger partial charge is 0.507 e. The molecule has 0 bridgehead atoms. The highest BCUT2D eigenvalue weighted by molar-refractivity contribution is 7.07. The first-order valence-corrected chi connectivity index (χ1v) is 14.2. The van der Waals surface area contributed by atoms with Gasteiger partial charge in [-0.15, -0.1) is 0 Å². The van der Waals surface area contributed by atoms with Crippen molar-refractivity contribution < 1.29 is 24.1 Å². The summed E-state index contributed by atoms with van der Waals surface area (Å²) in [4.78, 5) is 34.3. The van der Waals surface area contributed by atoms with E-state index in [9.17, 15) is 14.7 Å². The predicted molar refractivity (Wildman–Crippen MR) is 156 cm³/mol. The van der Waals surface area contributed by atoms with Crippen molar-refractivity contribution in [3.8, 4) is 17.2 Å². The van der Waals surface area contributed by atoms with Gasteiger partial charge in [-0.3, -0.25) is 9.36 Å². The van der Waals surface area contributed by atoms with Crippen molar-refractivity contribution in [1.29, 1.82) is 0 Å². The molecule has 9 nitrogen and oxygen atoms in total. The average molecular weight is 566 g/mol. The van der Waals surface area contributed by atoms with Crippen molar-refractivity contribution in [2.75, 3.05) is 38.3 Å². The van der Waals surface area contributed by atoms with Gasteiger partial charge in [0.1, 0.15) is 5.75 Å². The number of phenolic OH excluding ortho intramolecular Hbond substituents is 1. The van der Waals surface area contributed by atoms with Gasteiger partial charge in [-0.2, -0.15) is 0 Å². The van der Waals surface area contributed by atoms with E-state index in [-0.39, 0.29) is 23.5 Å². The van der Waals surface area contributed by atoms with Gasteiger partial charge in [0.25, 0.3) is 5.56 Å². The van der Waals surface area contributed by atoms with E-state index in [4.69, 9.17) is 14.2 Å². The Morgan fingerprint density at radius 3 is 2.48 bits per heavy atom. The number of fused-ring (bicyclic) bond motifs is 1. The molecular formula is C30H35N3O6S. The normalized spacial score (nSPS) is 14.9. The van der Waals surface area contributed by atoms with Crippen LogP contribution in [0.15, 0.2) is 57.5 Å². The smallest absolute Gasteiger partial charge is 0.338 e. The Bertz CT molecular complexity index is 1620. The molecule has 1 aliphatic rings. The maximum absolute atomic E-state index is 13.9. The number of aromatic nitrogens is 1. The third-order valence-corrected chi connectivity index (χ3v) is 7.73. The number of hydrogen-bond acceptors (Lipinski definition) is 9. The molecule has 1 aromatic heterocycles. The number of carbonyl (C=O) groups is 1. The number of aromatic hydroxyl groups is 1. The molecule has 0 unspecified atom stereocenters. The van der Waals surface area contributed by atoms with Crippen molar-refractivity contribution in [2.45, 2.75) is 40.7 Å². The van der Waals surface area contributed by atoms with E-state index >= 15 is 0 Å². The highest BCUT2D eigenvalue weighted by Crippen LogP contribution is 2.36. The summed E-state index contributed by atoms with van der Waals surface area (Å²) in [6.07, 6.45) is 1.66. The number of rotatable bonds is 10. The summed E-state index contributed by atoms with van der Waals surface area (Å²) in [7, 11) is 1.55. The summed E-state index contributed by atoms with van der Waals surface area (Å²) in [6, 6.07) is 9.97.